The van der Waals surface area contributed by atoms with Gasteiger partial charge < -0.3 is 0 Å². The van der Waals surface area contributed by atoms with Crippen molar-refractivity contribution < 1.29 is 4.79 Å². The zero-order valence-corrected chi connectivity index (χ0v) is 10.3. The summed E-state index contributed by atoms with van der Waals surface area (Å²) in [5.41, 5.74) is 3.21. The Labute approximate surface area is 108 Å². The second-order valence-corrected chi connectivity index (χ2v) is 4.55. The molecule has 5 heteroatoms. The molecule has 0 bridgehead atoms. The molecular formula is C12H9ClN2OS. The largest absolute Gasteiger partial charge is 0.281 e. The van der Waals surface area contributed by atoms with Crippen molar-refractivity contribution in [1.29, 1.82) is 0 Å². The normalized spacial score (nSPS) is 10.6. The summed E-state index contributed by atoms with van der Waals surface area (Å²) in [4.78, 5) is 12.2. The Balaban J connectivity index is 1.99. The number of nitrogens with zero attached hydrogens (tertiary/aromatic N) is 1. The van der Waals surface area contributed by atoms with E-state index in [4.69, 9.17) is 11.6 Å². The summed E-state index contributed by atoms with van der Waals surface area (Å²) in [5, 5.41) is 6.29. The molecule has 17 heavy (non-hydrogen) atoms. The van der Waals surface area contributed by atoms with E-state index in [1.807, 2.05) is 29.6 Å². The van der Waals surface area contributed by atoms with Gasteiger partial charge in [-0.1, -0.05) is 35.9 Å². The lowest BCUT2D eigenvalue weighted by molar-refractivity contribution is 0.0959. The second kappa shape index (κ2) is 5.61. The van der Waals surface area contributed by atoms with Gasteiger partial charge in [-0.2, -0.15) is 5.10 Å². The zero-order valence-electron chi connectivity index (χ0n) is 8.76. The summed E-state index contributed by atoms with van der Waals surface area (Å²) < 4.78 is 0. The summed E-state index contributed by atoms with van der Waals surface area (Å²) >= 11 is 7.31. The molecule has 0 aliphatic carbocycles. The Morgan fingerprint density at radius 3 is 2.82 bits per heavy atom. The topological polar surface area (TPSA) is 41.5 Å². The lowest BCUT2D eigenvalue weighted by Crippen LogP contribution is -2.16. The predicted octanol–water partition coefficient (Wildman–Crippen LogP) is 3.17. The first-order chi connectivity index (χ1) is 8.27. The molecule has 0 atom stereocenters. The second-order valence-electron chi connectivity index (χ2n) is 3.20. The van der Waals surface area contributed by atoms with Crippen LogP contribution in [0.3, 0.4) is 0 Å². The highest BCUT2D eigenvalue weighted by atomic mass is 35.5. The maximum absolute atomic E-state index is 11.5. The van der Waals surface area contributed by atoms with Gasteiger partial charge in [0.25, 0.3) is 5.91 Å². The van der Waals surface area contributed by atoms with Gasteiger partial charge in [0, 0.05) is 10.6 Å². The average molecular weight is 265 g/mol. The summed E-state index contributed by atoms with van der Waals surface area (Å²) in [5.74, 6) is -0.219. The van der Waals surface area contributed by atoms with Crippen LogP contribution in [-0.4, -0.2) is 12.1 Å². The van der Waals surface area contributed by atoms with Gasteiger partial charge in [-0.05, 0) is 17.5 Å². The highest BCUT2D eigenvalue weighted by Gasteiger charge is 2.03. The molecule has 3 nitrogen and oxygen atoms in total. The Morgan fingerprint density at radius 2 is 2.12 bits per heavy atom. The van der Waals surface area contributed by atoms with E-state index in [2.05, 4.69) is 10.5 Å². The van der Waals surface area contributed by atoms with Crippen LogP contribution in [0.25, 0.3) is 0 Å². The molecule has 0 unspecified atom stereocenters. The maximum atomic E-state index is 11.5. The molecule has 1 N–H and O–H groups in total. The van der Waals surface area contributed by atoms with E-state index in [-0.39, 0.29) is 5.91 Å². The lowest BCUT2D eigenvalue weighted by atomic mass is 10.2. The van der Waals surface area contributed by atoms with Crippen molar-refractivity contribution in [3.8, 4) is 0 Å². The number of hydrogen-bond donors (Lipinski definition) is 1. The van der Waals surface area contributed by atoms with Gasteiger partial charge >= 0.3 is 0 Å². The third-order valence-corrected chi connectivity index (χ3v) is 3.23. The van der Waals surface area contributed by atoms with Crippen molar-refractivity contribution in [2.45, 2.75) is 0 Å². The smallest absolute Gasteiger partial charge is 0.266 e. The molecular weight excluding hydrogens is 256 g/mol. The number of nitrogens with one attached hydrogen (secondary N) is 1. The number of rotatable bonds is 3. The number of hydrogen-bond acceptors (Lipinski definition) is 3. The van der Waals surface area contributed by atoms with Gasteiger partial charge in [0.05, 0.1) is 11.1 Å². The van der Waals surface area contributed by atoms with Gasteiger partial charge in [-0.25, -0.2) is 5.43 Å². The van der Waals surface area contributed by atoms with E-state index in [0.717, 1.165) is 5.56 Å². The van der Waals surface area contributed by atoms with Crippen LogP contribution >= 0.6 is 22.9 Å². The summed E-state index contributed by atoms with van der Waals surface area (Å²) in [6.07, 6.45) is 1.52. The van der Waals surface area contributed by atoms with Crippen molar-refractivity contribution >= 4 is 35.1 Å². The van der Waals surface area contributed by atoms with E-state index in [9.17, 15) is 4.79 Å². The molecule has 1 heterocycles. The predicted molar refractivity (Wildman–Crippen MR) is 70.8 cm³/mol. The fourth-order valence-electron chi connectivity index (χ4n) is 1.20. The molecule has 2 aromatic rings. The molecule has 2 rings (SSSR count). The fraction of sp³-hybridized carbons (Fsp3) is 0. The van der Waals surface area contributed by atoms with Crippen molar-refractivity contribution in [2.24, 2.45) is 5.10 Å². The van der Waals surface area contributed by atoms with Crippen molar-refractivity contribution in [2.75, 3.05) is 0 Å². The number of carbonyl (C=O) groups excluding carboxylic acids is 1. The van der Waals surface area contributed by atoms with Crippen LogP contribution in [0.15, 0.2) is 46.9 Å². The first-order valence-corrected chi connectivity index (χ1v) is 6.14. The summed E-state index contributed by atoms with van der Waals surface area (Å²) in [6.45, 7) is 0. The average Bonchev–Trinajstić information content (AvgIpc) is 2.85. The molecule has 0 aliphatic heterocycles. The van der Waals surface area contributed by atoms with Crippen molar-refractivity contribution in [1.82, 2.24) is 5.43 Å². The number of carbonyl (C=O) groups is 1. The minimum Gasteiger partial charge on any atom is -0.266 e. The summed E-state index contributed by atoms with van der Waals surface area (Å²) in [7, 11) is 0. The molecule has 86 valence electrons. The maximum Gasteiger partial charge on any atom is 0.281 e. The van der Waals surface area contributed by atoms with Crippen LogP contribution in [0.4, 0.5) is 0 Å². The lowest BCUT2D eigenvalue weighted by Gasteiger charge is -1.97. The Kier molecular flexibility index (Phi) is 3.90. The first-order valence-electron chi connectivity index (χ1n) is 4.89. The van der Waals surface area contributed by atoms with Crippen molar-refractivity contribution in [3.63, 3.8) is 0 Å². The van der Waals surface area contributed by atoms with Crippen LogP contribution in [0.1, 0.15) is 15.2 Å². The minimum absolute atomic E-state index is 0.219. The molecule has 0 saturated heterocycles. The van der Waals surface area contributed by atoms with E-state index in [0.29, 0.717) is 9.90 Å². The van der Waals surface area contributed by atoms with Gasteiger partial charge in [-0.3, -0.25) is 4.79 Å². The van der Waals surface area contributed by atoms with Gasteiger partial charge in [0.1, 0.15) is 0 Å². The van der Waals surface area contributed by atoms with Gasteiger partial charge in [0.15, 0.2) is 0 Å². The zero-order chi connectivity index (χ0) is 12.1. The molecule has 1 amide bonds. The first kappa shape index (κ1) is 11.8. The highest BCUT2D eigenvalue weighted by Crippen LogP contribution is 2.12. The van der Waals surface area contributed by atoms with Crippen LogP contribution in [-0.2, 0) is 0 Å². The van der Waals surface area contributed by atoms with E-state index in [1.165, 1.54) is 17.6 Å². The van der Waals surface area contributed by atoms with Crippen molar-refractivity contribution in [3.05, 3.63) is 57.2 Å². The number of hydrazone groups is 1. The molecule has 0 spiro atoms. The van der Waals surface area contributed by atoms with E-state index >= 15 is 0 Å². The Morgan fingerprint density at radius 1 is 1.29 bits per heavy atom. The Hall–Kier alpha value is -1.65. The standard InChI is InChI=1S/C12H9ClN2OS/c13-10-5-2-1-4-9(10)8-14-15-12(16)11-6-3-7-17-11/h1-8H,(H,15,16)/b14-8+. The molecule has 0 saturated carbocycles. The molecule has 1 aromatic carbocycles. The molecule has 0 aliphatic rings. The van der Waals surface area contributed by atoms with Crippen LogP contribution in [0.2, 0.25) is 5.02 Å². The molecule has 0 fully saturated rings. The van der Waals surface area contributed by atoms with Crippen LogP contribution in [0.5, 0.6) is 0 Å². The van der Waals surface area contributed by atoms with Gasteiger partial charge in [0.2, 0.25) is 0 Å². The van der Waals surface area contributed by atoms with Crippen LogP contribution in [0, 0.1) is 0 Å². The number of benzene rings is 1. The molecule has 0 radical (unpaired) electrons. The molecule has 1 aromatic heterocycles. The SMILES string of the molecule is O=C(N/N=C/c1ccccc1Cl)c1cccs1. The highest BCUT2D eigenvalue weighted by molar-refractivity contribution is 7.12. The Bertz CT molecular complexity index is 537. The third-order valence-electron chi connectivity index (χ3n) is 2.02. The van der Waals surface area contributed by atoms with E-state index < -0.39 is 0 Å². The van der Waals surface area contributed by atoms with Gasteiger partial charge in [-0.15, -0.1) is 11.3 Å². The number of thiophene rings is 1. The monoisotopic (exact) mass is 264 g/mol. The third kappa shape index (κ3) is 3.15. The number of amides is 1. The number of halogens is 1. The minimum atomic E-state index is -0.219. The summed E-state index contributed by atoms with van der Waals surface area (Å²) in [6, 6.07) is 10.8. The van der Waals surface area contributed by atoms with E-state index in [1.54, 1.807) is 12.1 Å². The van der Waals surface area contributed by atoms with Crippen LogP contribution < -0.4 is 5.43 Å². The quantitative estimate of drug-likeness (QED) is 0.671. The fourth-order valence-corrected chi connectivity index (χ4v) is 2.00.